The number of hydrogen-bond donors (Lipinski definition) is 1. The third-order valence-corrected chi connectivity index (χ3v) is 7.33. The van der Waals surface area contributed by atoms with Crippen LogP contribution in [-0.4, -0.2) is 34.5 Å². The maximum Gasteiger partial charge on any atom is 0.270 e. The van der Waals surface area contributed by atoms with Crippen molar-refractivity contribution >= 4 is 46.2 Å². The first-order valence-corrected chi connectivity index (χ1v) is 13.1. The van der Waals surface area contributed by atoms with Gasteiger partial charge < -0.3 is 15.3 Å². The summed E-state index contributed by atoms with van der Waals surface area (Å²) in [6, 6.07) is 15.8. The van der Waals surface area contributed by atoms with E-state index in [1.165, 1.54) is 83.0 Å². The van der Waals surface area contributed by atoms with Crippen LogP contribution in [-0.2, 0) is 14.8 Å². The van der Waals surface area contributed by atoms with Crippen molar-refractivity contribution in [2.24, 2.45) is 0 Å². The highest BCUT2D eigenvalue weighted by Gasteiger charge is 2.30. The minimum atomic E-state index is -4.14. The minimum absolute atomic E-state index is 0. The van der Waals surface area contributed by atoms with E-state index in [0.717, 1.165) is 9.87 Å². The van der Waals surface area contributed by atoms with Crippen LogP contribution >= 0.6 is 12.4 Å². The summed E-state index contributed by atoms with van der Waals surface area (Å²) in [5.74, 6) is -0.132. The summed E-state index contributed by atoms with van der Waals surface area (Å²) >= 11 is 0. The van der Waals surface area contributed by atoms with Gasteiger partial charge in [0.05, 0.1) is 17.7 Å². The zero-order chi connectivity index (χ0) is 26.0. The molecule has 2 heterocycles. The Labute approximate surface area is 224 Å². The number of nitrogens with zero attached hydrogens (tertiary/aromatic N) is 2. The highest BCUT2D eigenvalue weighted by atomic mass is 35.5. The monoisotopic (exact) mass is 545 g/mol. The SMILES string of the molecule is C1CCNCC1.COc1ccc(S(=O)(=O)N(C(C)=O)c2ccccc2C=Cc2cc[n+]([O-])cc2)cc1.Cl. The van der Waals surface area contributed by atoms with Gasteiger partial charge in [-0.2, -0.15) is 4.73 Å². The van der Waals surface area contributed by atoms with Crippen LogP contribution in [0.2, 0.25) is 0 Å². The van der Waals surface area contributed by atoms with Gasteiger partial charge in [0.15, 0.2) is 12.4 Å². The van der Waals surface area contributed by atoms with E-state index in [9.17, 15) is 18.4 Å². The Balaban J connectivity index is 0.000000604. The number of methoxy groups -OCH3 is 1. The molecular formula is C27H32ClN3O5S. The van der Waals surface area contributed by atoms with Crippen molar-refractivity contribution < 1.29 is 22.7 Å². The predicted molar refractivity (Wildman–Crippen MR) is 148 cm³/mol. The minimum Gasteiger partial charge on any atom is -0.619 e. The number of aromatic nitrogens is 1. The van der Waals surface area contributed by atoms with Gasteiger partial charge in [-0.1, -0.05) is 36.8 Å². The second-order valence-corrected chi connectivity index (χ2v) is 9.94. The normalized spacial score (nSPS) is 13.1. The van der Waals surface area contributed by atoms with E-state index in [1.807, 2.05) is 0 Å². The van der Waals surface area contributed by atoms with Crippen LogP contribution in [0, 0.1) is 5.21 Å². The Kier molecular flexibility index (Phi) is 11.6. The fraction of sp³-hybridized carbons (Fsp3) is 0.259. The molecule has 1 amide bonds. The van der Waals surface area contributed by atoms with Crippen molar-refractivity contribution in [2.45, 2.75) is 31.1 Å². The van der Waals surface area contributed by atoms with Crippen molar-refractivity contribution in [1.29, 1.82) is 0 Å². The third kappa shape index (κ3) is 8.31. The standard InChI is InChI=1S/C22H20N2O5S.C5H11N.ClH/c1-17(25)24(30(27,28)21-11-9-20(29-2)10-12-21)22-6-4-3-5-19(22)8-7-18-13-15-23(26)16-14-18;1-2-4-6-5-3-1;/h3-16H,1-2H3;6H,1-5H2;1H. The number of para-hydroxylation sites is 1. The van der Waals surface area contributed by atoms with E-state index in [0.29, 0.717) is 16.0 Å². The molecule has 0 saturated carbocycles. The number of pyridine rings is 1. The molecule has 2 aromatic carbocycles. The molecule has 0 aliphatic carbocycles. The maximum atomic E-state index is 13.2. The van der Waals surface area contributed by atoms with Gasteiger partial charge >= 0.3 is 0 Å². The fourth-order valence-corrected chi connectivity index (χ4v) is 5.11. The van der Waals surface area contributed by atoms with Crippen molar-refractivity contribution in [3.63, 3.8) is 0 Å². The van der Waals surface area contributed by atoms with Gasteiger partial charge in [-0.3, -0.25) is 4.79 Å². The first kappa shape index (κ1) is 29.8. The summed E-state index contributed by atoms with van der Waals surface area (Å²) in [5, 5.41) is 14.5. The number of carbonyl (C=O) groups excluding carboxylic acids is 1. The van der Waals surface area contributed by atoms with Crippen molar-refractivity contribution in [3.8, 4) is 5.75 Å². The number of rotatable bonds is 6. The highest BCUT2D eigenvalue weighted by molar-refractivity contribution is 7.93. The topological polar surface area (TPSA) is 103 Å². The average molecular weight is 546 g/mol. The summed E-state index contributed by atoms with van der Waals surface area (Å²) in [5.41, 5.74) is 1.51. The van der Waals surface area contributed by atoms with Crippen molar-refractivity contribution in [1.82, 2.24) is 5.32 Å². The number of anilines is 1. The number of hydrogen-bond acceptors (Lipinski definition) is 6. The molecule has 4 rings (SSSR count). The van der Waals surface area contributed by atoms with Crippen molar-refractivity contribution in [3.05, 3.63) is 89.4 Å². The molecule has 1 fully saturated rings. The van der Waals surface area contributed by atoms with Crippen LogP contribution < -0.4 is 19.1 Å². The molecule has 37 heavy (non-hydrogen) atoms. The molecule has 3 aromatic rings. The summed E-state index contributed by atoms with van der Waals surface area (Å²) in [6.07, 6.45) is 10.4. The van der Waals surface area contributed by atoms with Gasteiger partial charge in [0, 0.05) is 19.1 Å². The molecule has 1 aliphatic rings. The molecule has 8 nitrogen and oxygen atoms in total. The van der Waals surface area contributed by atoms with Crippen LogP contribution in [0.25, 0.3) is 12.2 Å². The lowest BCUT2D eigenvalue weighted by atomic mass is 10.1. The fourth-order valence-electron chi connectivity index (χ4n) is 3.66. The molecule has 0 radical (unpaired) electrons. The molecule has 1 aromatic heterocycles. The molecule has 0 unspecified atom stereocenters. The lowest BCUT2D eigenvalue weighted by Crippen LogP contribution is -2.35. The van der Waals surface area contributed by atoms with Crippen molar-refractivity contribution in [2.75, 3.05) is 24.5 Å². The number of carbonyl (C=O) groups is 1. The van der Waals surface area contributed by atoms with Crippen LogP contribution in [0.1, 0.15) is 37.3 Å². The Hall–Kier alpha value is -3.40. The number of amides is 1. The molecular weight excluding hydrogens is 514 g/mol. The van der Waals surface area contributed by atoms with E-state index in [1.54, 1.807) is 48.6 Å². The molecule has 0 bridgehead atoms. The lowest BCUT2D eigenvalue weighted by molar-refractivity contribution is -0.605. The zero-order valence-corrected chi connectivity index (χ0v) is 22.5. The smallest absolute Gasteiger partial charge is 0.270 e. The first-order valence-electron chi connectivity index (χ1n) is 11.7. The summed E-state index contributed by atoms with van der Waals surface area (Å²) in [6.45, 7) is 3.70. The van der Waals surface area contributed by atoms with Gasteiger partial charge in [-0.05, 0) is 67.4 Å². The van der Waals surface area contributed by atoms with Gasteiger partial charge in [0.1, 0.15) is 5.75 Å². The number of halogens is 1. The molecule has 1 saturated heterocycles. The quantitative estimate of drug-likeness (QED) is 0.363. The number of benzene rings is 2. The van der Waals surface area contributed by atoms with Crippen LogP contribution in [0.15, 0.2) is 78.0 Å². The molecule has 1 N–H and O–H groups in total. The molecule has 10 heteroatoms. The van der Waals surface area contributed by atoms with Gasteiger partial charge in [0.2, 0.25) is 5.91 Å². The van der Waals surface area contributed by atoms with Crippen LogP contribution in [0.3, 0.4) is 0 Å². The Morgan fingerprint density at radius 3 is 2.11 bits per heavy atom. The predicted octanol–water partition coefficient (Wildman–Crippen LogP) is 4.42. The summed E-state index contributed by atoms with van der Waals surface area (Å²) in [4.78, 5) is 12.4. The average Bonchev–Trinajstić information content (AvgIpc) is 2.90. The first-order chi connectivity index (χ1) is 17.3. The number of ether oxygens (including phenoxy) is 1. The summed E-state index contributed by atoms with van der Waals surface area (Å²) < 4.78 is 33.0. The third-order valence-electron chi connectivity index (χ3n) is 5.53. The second kappa shape index (κ2) is 14.4. The molecule has 1 aliphatic heterocycles. The van der Waals surface area contributed by atoms with E-state index in [-0.39, 0.29) is 23.0 Å². The molecule has 0 atom stereocenters. The van der Waals surface area contributed by atoms with E-state index >= 15 is 0 Å². The Bertz CT molecular complexity index is 1260. The van der Waals surface area contributed by atoms with E-state index < -0.39 is 15.9 Å². The van der Waals surface area contributed by atoms with Gasteiger partial charge in [-0.25, -0.2) is 12.7 Å². The van der Waals surface area contributed by atoms with Crippen LogP contribution in [0.4, 0.5) is 5.69 Å². The molecule has 0 spiro atoms. The highest BCUT2D eigenvalue weighted by Crippen LogP contribution is 2.29. The van der Waals surface area contributed by atoms with Gasteiger partial charge in [-0.15, -0.1) is 12.4 Å². The second-order valence-electron chi connectivity index (χ2n) is 8.16. The largest absolute Gasteiger partial charge is 0.619 e. The number of nitrogens with one attached hydrogen (secondary N) is 1. The molecule has 198 valence electrons. The zero-order valence-electron chi connectivity index (χ0n) is 20.9. The van der Waals surface area contributed by atoms with E-state index in [4.69, 9.17) is 4.74 Å². The van der Waals surface area contributed by atoms with E-state index in [2.05, 4.69) is 5.32 Å². The van der Waals surface area contributed by atoms with Crippen LogP contribution in [0.5, 0.6) is 5.75 Å². The van der Waals surface area contributed by atoms with Gasteiger partial charge in [0.25, 0.3) is 10.0 Å². The number of sulfonamides is 1. The Morgan fingerprint density at radius 1 is 0.973 bits per heavy atom. The maximum absolute atomic E-state index is 13.2. The lowest BCUT2D eigenvalue weighted by Gasteiger charge is -2.23. The Morgan fingerprint density at radius 2 is 1.59 bits per heavy atom. The number of piperidine rings is 1. The summed E-state index contributed by atoms with van der Waals surface area (Å²) in [7, 11) is -2.66.